The van der Waals surface area contributed by atoms with Crippen molar-refractivity contribution < 1.29 is 18.3 Å². The molecule has 0 saturated carbocycles. The van der Waals surface area contributed by atoms with Gasteiger partial charge in [0.2, 0.25) is 0 Å². The number of nitrogens with zero attached hydrogens (tertiary/aromatic N) is 1. The summed E-state index contributed by atoms with van der Waals surface area (Å²) in [7, 11) is -3.73. The summed E-state index contributed by atoms with van der Waals surface area (Å²) in [5.41, 5.74) is 0.426. The van der Waals surface area contributed by atoms with E-state index in [0.717, 1.165) is 4.88 Å². The Morgan fingerprint density at radius 1 is 1.43 bits per heavy atom. The van der Waals surface area contributed by atoms with Crippen LogP contribution in [0.15, 0.2) is 29.3 Å². The van der Waals surface area contributed by atoms with Crippen LogP contribution >= 0.6 is 11.3 Å². The van der Waals surface area contributed by atoms with E-state index >= 15 is 0 Å². The Morgan fingerprint density at radius 2 is 2.19 bits per heavy atom. The fraction of sp³-hybridized carbons (Fsp3) is 0.308. The quantitative estimate of drug-likeness (QED) is 0.848. The lowest BCUT2D eigenvalue weighted by Gasteiger charge is -2.11. The summed E-state index contributed by atoms with van der Waals surface area (Å²) in [6.45, 7) is 3.80. The van der Waals surface area contributed by atoms with E-state index in [2.05, 4.69) is 9.71 Å². The van der Waals surface area contributed by atoms with Gasteiger partial charge in [0.1, 0.15) is 5.75 Å². The number of thiazole rings is 1. The van der Waals surface area contributed by atoms with E-state index < -0.39 is 10.0 Å². The van der Waals surface area contributed by atoms with Crippen LogP contribution in [0.3, 0.4) is 0 Å². The van der Waals surface area contributed by atoms with Gasteiger partial charge in [0.25, 0.3) is 10.0 Å². The second-order valence-electron chi connectivity index (χ2n) is 4.24. The maximum atomic E-state index is 12.3. The van der Waals surface area contributed by atoms with Crippen molar-refractivity contribution in [2.75, 3.05) is 11.3 Å². The first-order valence-electron chi connectivity index (χ1n) is 6.28. The fourth-order valence-corrected chi connectivity index (χ4v) is 3.68. The molecule has 0 aliphatic carbocycles. The van der Waals surface area contributed by atoms with E-state index in [4.69, 9.17) is 4.74 Å². The highest BCUT2D eigenvalue weighted by atomic mass is 32.2. The van der Waals surface area contributed by atoms with Crippen molar-refractivity contribution in [2.24, 2.45) is 0 Å². The molecule has 0 bridgehead atoms. The molecule has 0 amide bonds. The molecule has 0 spiro atoms. The lowest BCUT2D eigenvalue weighted by molar-refractivity contribution is 0.266. The summed E-state index contributed by atoms with van der Waals surface area (Å²) in [6.07, 6.45) is 1.60. The van der Waals surface area contributed by atoms with Crippen LogP contribution in [0.25, 0.3) is 0 Å². The second kappa shape index (κ2) is 6.42. The molecule has 0 radical (unpaired) electrons. The van der Waals surface area contributed by atoms with E-state index in [0.29, 0.717) is 23.1 Å². The summed E-state index contributed by atoms with van der Waals surface area (Å²) in [4.78, 5) is 4.94. The van der Waals surface area contributed by atoms with Gasteiger partial charge in [-0.25, -0.2) is 13.4 Å². The summed E-state index contributed by atoms with van der Waals surface area (Å²) >= 11 is 1.26. The molecular formula is C13H16N2O4S2. The summed E-state index contributed by atoms with van der Waals surface area (Å²) in [6, 6.07) is 4.37. The highest BCUT2D eigenvalue weighted by Gasteiger charge is 2.18. The standard InChI is InChI=1S/C13H16N2O4S2/c1-3-19-12-5-4-11(6-10(12)8-16)21(17,18)15-13-14-7-9(2)20-13/h4-7,16H,3,8H2,1-2H3,(H,14,15). The van der Waals surface area contributed by atoms with Gasteiger partial charge in [-0.2, -0.15) is 0 Å². The lowest BCUT2D eigenvalue weighted by atomic mass is 10.2. The number of rotatable bonds is 6. The van der Waals surface area contributed by atoms with Gasteiger partial charge in [-0.1, -0.05) is 0 Å². The number of hydrogen-bond donors (Lipinski definition) is 2. The van der Waals surface area contributed by atoms with Crippen LogP contribution in [-0.2, 0) is 16.6 Å². The number of hydrogen-bond acceptors (Lipinski definition) is 6. The molecule has 2 N–H and O–H groups in total. The van der Waals surface area contributed by atoms with E-state index in [-0.39, 0.29) is 11.5 Å². The predicted octanol–water partition coefficient (Wildman–Crippen LogP) is 2.14. The Labute approximate surface area is 127 Å². The molecule has 6 nitrogen and oxygen atoms in total. The summed E-state index contributed by atoms with van der Waals surface area (Å²) < 4.78 is 32.3. The van der Waals surface area contributed by atoms with Gasteiger partial charge < -0.3 is 9.84 Å². The van der Waals surface area contributed by atoms with Crippen molar-refractivity contribution in [3.63, 3.8) is 0 Å². The van der Waals surface area contributed by atoms with E-state index in [1.54, 1.807) is 6.20 Å². The highest BCUT2D eigenvalue weighted by molar-refractivity contribution is 7.93. The fourth-order valence-electron chi connectivity index (χ4n) is 1.72. The first-order chi connectivity index (χ1) is 9.96. The molecule has 0 fully saturated rings. The average molecular weight is 328 g/mol. The summed E-state index contributed by atoms with van der Waals surface area (Å²) in [5.74, 6) is 0.476. The zero-order valence-corrected chi connectivity index (χ0v) is 13.3. The number of nitrogens with one attached hydrogen (secondary N) is 1. The van der Waals surface area contributed by atoms with Gasteiger partial charge in [0.15, 0.2) is 5.13 Å². The minimum absolute atomic E-state index is 0.0582. The van der Waals surface area contributed by atoms with Crippen molar-refractivity contribution in [3.8, 4) is 5.75 Å². The van der Waals surface area contributed by atoms with Gasteiger partial charge in [0.05, 0.1) is 18.1 Å². The highest BCUT2D eigenvalue weighted by Crippen LogP contribution is 2.25. The number of anilines is 1. The maximum absolute atomic E-state index is 12.3. The summed E-state index contributed by atoms with van der Waals surface area (Å²) in [5, 5.41) is 9.63. The molecule has 0 aliphatic heterocycles. The number of aryl methyl sites for hydroxylation is 1. The first-order valence-corrected chi connectivity index (χ1v) is 8.58. The van der Waals surface area contributed by atoms with Crippen molar-refractivity contribution in [2.45, 2.75) is 25.3 Å². The van der Waals surface area contributed by atoms with Gasteiger partial charge in [-0.05, 0) is 32.0 Å². The zero-order chi connectivity index (χ0) is 15.5. The van der Waals surface area contributed by atoms with Gasteiger partial charge >= 0.3 is 0 Å². The Hall–Kier alpha value is -1.64. The molecule has 1 heterocycles. The number of aliphatic hydroxyl groups excluding tert-OH is 1. The van der Waals surface area contributed by atoms with Crippen molar-refractivity contribution >= 4 is 26.5 Å². The average Bonchev–Trinajstić information content (AvgIpc) is 2.84. The third kappa shape index (κ3) is 3.72. The molecule has 0 atom stereocenters. The zero-order valence-electron chi connectivity index (χ0n) is 11.7. The number of aliphatic hydroxyl groups is 1. The molecule has 2 rings (SSSR count). The number of sulfonamides is 1. The van der Waals surface area contributed by atoms with Crippen LogP contribution in [0.5, 0.6) is 5.75 Å². The van der Waals surface area contributed by atoms with Crippen LogP contribution < -0.4 is 9.46 Å². The number of aromatic nitrogens is 1. The second-order valence-corrected chi connectivity index (χ2v) is 7.16. The topological polar surface area (TPSA) is 88.5 Å². The number of ether oxygens (including phenoxy) is 1. The van der Waals surface area contributed by atoms with Crippen LogP contribution in [0.2, 0.25) is 0 Å². The molecule has 0 saturated heterocycles. The van der Waals surface area contributed by atoms with Gasteiger partial charge in [-0.15, -0.1) is 11.3 Å². The third-order valence-electron chi connectivity index (χ3n) is 2.66. The number of benzene rings is 1. The molecule has 21 heavy (non-hydrogen) atoms. The Balaban J connectivity index is 2.31. The maximum Gasteiger partial charge on any atom is 0.263 e. The van der Waals surface area contributed by atoms with Gasteiger partial charge in [-0.3, -0.25) is 4.72 Å². The minimum atomic E-state index is -3.73. The van der Waals surface area contributed by atoms with Gasteiger partial charge in [0, 0.05) is 16.6 Å². The molecule has 0 aliphatic rings. The van der Waals surface area contributed by atoms with Crippen LogP contribution in [0.1, 0.15) is 17.4 Å². The molecule has 114 valence electrons. The van der Waals surface area contributed by atoms with E-state index in [1.807, 2.05) is 13.8 Å². The molecule has 1 aromatic carbocycles. The van der Waals surface area contributed by atoms with E-state index in [9.17, 15) is 13.5 Å². The minimum Gasteiger partial charge on any atom is -0.494 e. The Bertz CT molecular complexity index is 726. The van der Waals surface area contributed by atoms with Crippen molar-refractivity contribution in [1.29, 1.82) is 0 Å². The smallest absolute Gasteiger partial charge is 0.263 e. The van der Waals surface area contributed by atoms with Crippen molar-refractivity contribution in [1.82, 2.24) is 4.98 Å². The predicted molar refractivity (Wildman–Crippen MR) is 81.2 cm³/mol. The first kappa shape index (κ1) is 15.7. The lowest BCUT2D eigenvalue weighted by Crippen LogP contribution is -2.13. The molecule has 0 unspecified atom stereocenters. The molecule has 1 aromatic heterocycles. The van der Waals surface area contributed by atoms with Crippen LogP contribution in [-0.4, -0.2) is 25.1 Å². The third-order valence-corrected chi connectivity index (χ3v) is 4.95. The normalized spacial score (nSPS) is 11.4. The molecule has 2 aromatic rings. The Kier molecular flexibility index (Phi) is 4.81. The largest absolute Gasteiger partial charge is 0.494 e. The molecule has 8 heteroatoms. The van der Waals surface area contributed by atoms with E-state index in [1.165, 1.54) is 29.5 Å². The van der Waals surface area contributed by atoms with Crippen molar-refractivity contribution in [3.05, 3.63) is 34.8 Å². The molecular weight excluding hydrogens is 312 g/mol. The van der Waals surface area contributed by atoms with Crippen LogP contribution in [0, 0.1) is 6.92 Å². The Morgan fingerprint density at radius 3 is 2.76 bits per heavy atom. The monoisotopic (exact) mass is 328 g/mol. The SMILES string of the molecule is CCOc1ccc(S(=O)(=O)Nc2ncc(C)s2)cc1CO. The van der Waals surface area contributed by atoms with Crippen LogP contribution in [0.4, 0.5) is 5.13 Å².